The summed E-state index contributed by atoms with van der Waals surface area (Å²) in [5, 5.41) is 0.158. The van der Waals surface area contributed by atoms with Crippen molar-refractivity contribution >= 4 is 38.9 Å². The fraction of sp³-hybridized carbons (Fsp3) is 0.182. The molecule has 0 N–H and O–H groups in total. The fourth-order valence-corrected chi connectivity index (χ4v) is 1.62. The first-order valence-electron chi connectivity index (χ1n) is 4.24. The zero-order chi connectivity index (χ0) is 10.4. The van der Waals surface area contributed by atoms with Crippen LogP contribution in [0, 0.1) is 0 Å². The topological polar surface area (TPSA) is 17.1 Å². The lowest BCUT2D eigenvalue weighted by atomic mass is 10.2. The SMILES string of the molecule is CC(=O)SCC=Cc1ccc(Br)cc1. The van der Waals surface area contributed by atoms with E-state index >= 15 is 0 Å². The van der Waals surface area contributed by atoms with Crippen LogP contribution in [0.4, 0.5) is 0 Å². The van der Waals surface area contributed by atoms with Crippen LogP contribution in [-0.2, 0) is 4.79 Å². The Balaban J connectivity index is 2.44. The van der Waals surface area contributed by atoms with Crippen molar-refractivity contribution in [2.24, 2.45) is 0 Å². The number of thioether (sulfide) groups is 1. The summed E-state index contributed by atoms with van der Waals surface area (Å²) in [7, 11) is 0. The summed E-state index contributed by atoms with van der Waals surface area (Å²) in [4.78, 5) is 10.6. The Hall–Kier alpha value is -0.540. The van der Waals surface area contributed by atoms with Crippen LogP contribution in [0.15, 0.2) is 34.8 Å². The second-order valence-electron chi connectivity index (χ2n) is 2.76. The van der Waals surface area contributed by atoms with Crippen molar-refractivity contribution in [3.63, 3.8) is 0 Å². The minimum absolute atomic E-state index is 0.158. The van der Waals surface area contributed by atoms with Gasteiger partial charge in [0.1, 0.15) is 0 Å². The van der Waals surface area contributed by atoms with Crippen LogP contribution in [0.2, 0.25) is 0 Å². The molecule has 0 aliphatic heterocycles. The number of hydrogen-bond donors (Lipinski definition) is 0. The summed E-state index contributed by atoms with van der Waals surface area (Å²) in [6.45, 7) is 1.58. The molecule has 0 aliphatic rings. The molecule has 0 unspecified atom stereocenters. The van der Waals surface area contributed by atoms with Crippen LogP contribution < -0.4 is 0 Å². The van der Waals surface area contributed by atoms with Crippen molar-refractivity contribution < 1.29 is 4.79 Å². The van der Waals surface area contributed by atoms with Gasteiger partial charge >= 0.3 is 0 Å². The standard InChI is InChI=1S/C11H11BrOS/c1-9(13)14-8-2-3-10-4-6-11(12)7-5-10/h2-7H,8H2,1H3. The number of benzene rings is 1. The van der Waals surface area contributed by atoms with Gasteiger partial charge in [-0.3, -0.25) is 4.79 Å². The maximum Gasteiger partial charge on any atom is 0.186 e. The van der Waals surface area contributed by atoms with E-state index in [0.717, 1.165) is 15.8 Å². The van der Waals surface area contributed by atoms with Crippen LogP contribution in [-0.4, -0.2) is 10.9 Å². The molecule has 0 atom stereocenters. The van der Waals surface area contributed by atoms with Gasteiger partial charge in [-0.2, -0.15) is 0 Å². The highest BCUT2D eigenvalue weighted by Crippen LogP contribution is 2.12. The monoisotopic (exact) mass is 270 g/mol. The first-order chi connectivity index (χ1) is 6.68. The number of carbonyl (C=O) groups is 1. The van der Waals surface area contributed by atoms with Gasteiger partial charge in [0.2, 0.25) is 0 Å². The van der Waals surface area contributed by atoms with E-state index in [0.29, 0.717) is 0 Å². The molecule has 0 fully saturated rings. The Kier molecular flexibility index (Phi) is 4.98. The molecule has 1 aromatic carbocycles. The lowest BCUT2D eigenvalue weighted by Crippen LogP contribution is -1.81. The van der Waals surface area contributed by atoms with Crippen LogP contribution in [0.1, 0.15) is 12.5 Å². The van der Waals surface area contributed by atoms with Gasteiger partial charge in [0.25, 0.3) is 0 Å². The molecule has 0 bridgehead atoms. The first-order valence-corrected chi connectivity index (χ1v) is 6.02. The highest BCUT2D eigenvalue weighted by molar-refractivity contribution is 9.10. The van der Waals surface area contributed by atoms with Gasteiger partial charge in [-0.1, -0.05) is 52.0 Å². The summed E-state index contributed by atoms with van der Waals surface area (Å²) in [5.41, 5.74) is 1.15. The number of rotatable bonds is 3. The molecule has 0 spiro atoms. The Morgan fingerprint density at radius 3 is 2.64 bits per heavy atom. The number of hydrogen-bond acceptors (Lipinski definition) is 2. The second-order valence-corrected chi connectivity index (χ2v) is 4.87. The van der Waals surface area contributed by atoms with Crippen molar-refractivity contribution in [2.75, 3.05) is 5.75 Å². The average Bonchev–Trinajstić information content (AvgIpc) is 2.15. The van der Waals surface area contributed by atoms with Gasteiger partial charge in [-0.15, -0.1) is 0 Å². The molecule has 0 radical (unpaired) electrons. The van der Waals surface area contributed by atoms with Crippen LogP contribution in [0.3, 0.4) is 0 Å². The van der Waals surface area contributed by atoms with E-state index < -0.39 is 0 Å². The van der Waals surface area contributed by atoms with E-state index in [1.165, 1.54) is 11.8 Å². The summed E-state index contributed by atoms with van der Waals surface area (Å²) in [6.07, 6.45) is 4.01. The van der Waals surface area contributed by atoms with Crippen LogP contribution in [0.5, 0.6) is 0 Å². The maximum absolute atomic E-state index is 10.6. The van der Waals surface area contributed by atoms with Crippen molar-refractivity contribution in [1.29, 1.82) is 0 Å². The number of halogens is 1. The Morgan fingerprint density at radius 2 is 2.07 bits per heavy atom. The lowest BCUT2D eigenvalue weighted by molar-refractivity contribution is -0.109. The second kappa shape index (κ2) is 6.04. The fourth-order valence-electron chi connectivity index (χ4n) is 0.924. The predicted octanol–water partition coefficient (Wildman–Crippen LogP) is 3.74. The molecule has 0 heterocycles. The quantitative estimate of drug-likeness (QED) is 0.833. The molecule has 0 amide bonds. The third-order valence-electron chi connectivity index (χ3n) is 1.56. The lowest BCUT2D eigenvalue weighted by Gasteiger charge is -1.93. The maximum atomic E-state index is 10.6. The highest BCUT2D eigenvalue weighted by Gasteiger charge is 1.90. The third-order valence-corrected chi connectivity index (χ3v) is 2.86. The van der Waals surface area contributed by atoms with Crippen molar-refractivity contribution in [3.05, 3.63) is 40.4 Å². The Bertz CT molecular complexity index is 330. The summed E-state index contributed by atoms with van der Waals surface area (Å²) >= 11 is 4.69. The van der Waals surface area contributed by atoms with Crippen molar-refractivity contribution in [3.8, 4) is 0 Å². The van der Waals surface area contributed by atoms with E-state index in [-0.39, 0.29) is 5.12 Å². The van der Waals surface area contributed by atoms with Gasteiger partial charge in [0.05, 0.1) is 0 Å². The Morgan fingerprint density at radius 1 is 1.43 bits per heavy atom. The smallest absolute Gasteiger partial charge is 0.186 e. The molecule has 1 aromatic rings. The molecule has 0 aromatic heterocycles. The van der Waals surface area contributed by atoms with Crippen LogP contribution in [0.25, 0.3) is 6.08 Å². The van der Waals surface area contributed by atoms with Gasteiger partial charge in [-0.05, 0) is 17.7 Å². The van der Waals surface area contributed by atoms with E-state index in [1.807, 2.05) is 36.4 Å². The van der Waals surface area contributed by atoms with Crippen molar-refractivity contribution in [2.45, 2.75) is 6.92 Å². The van der Waals surface area contributed by atoms with E-state index in [9.17, 15) is 4.79 Å². The van der Waals surface area contributed by atoms with Gasteiger partial charge in [-0.25, -0.2) is 0 Å². The minimum atomic E-state index is 0.158. The first kappa shape index (κ1) is 11.5. The summed E-state index contributed by atoms with van der Waals surface area (Å²) in [5.74, 6) is 0.741. The van der Waals surface area contributed by atoms with E-state index in [4.69, 9.17) is 0 Å². The highest BCUT2D eigenvalue weighted by atomic mass is 79.9. The minimum Gasteiger partial charge on any atom is -0.288 e. The molecular weight excluding hydrogens is 260 g/mol. The molecule has 1 rings (SSSR count). The molecule has 74 valence electrons. The molecule has 1 nitrogen and oxygen atoms in total. The molecule has 0 saturated carbocycles. The van der Waals surface area contributed by atoms with Gasteiger partial charge in [0.15, 0.2) is 5.12 Å². The normalized spacial score (nSPS) is 10.7. The molecular formula is C11H11BrOS. The third kappa shape index (κ3) is 4.63. The molecule has 0 saturated heterocycles. The Labute approximate surface area is 96.7 Å². The predicted molar refractivity (Wildman–Crippen MR) is 66.3 cm³/mol. The molecule has 14 heavy (non-hydrogen) atoms. The summed E-state index contributed by atoms with van der Waals surface area (Å²) < 4.78 is 1.08. The largest absolute Gasteiger partial charge is 0.288 e. The molecule has 3 heteroatoms. The zero-order valence-corrected chi connectivity index (χ0v) is 10.3. The van der Waals surface area contributed by atoms with Gasteiger partial charge in [0, 0.05) is 17.1 Å². The summed E-state index contributed by atoms with van der Waals surface area (Å²) in [6, 6.07) is 8.05. The van der Waals surface area contributed by atoms with E-state index in [1.54, 1.807) is 6.92 Å². The number of carbonyl (C=O) groups excluding carboxylic acids is 1. The van der Waals surface area contributed by atoms with E-state index in [2.05, 4.69) is 15.9 Å². The van der Waals surface area contributed by atoms with Crippen LogP contribution >= 0.6 is 27.7 Å². The van der Waals surface area contributed by atoms with Crippen molar-refractivity contribution in [1.82, 2.24) is 0 Å². The molecule has 0 aliphatic carbocycles. The zero-order valence-electron chi connectivity index (χ0n) is 7.87. The van der Waals surface area contributed by atoms with Gasteiger partial charge < -0.3 is 0 Å². The average molecular weight is 271 g/mol.